The van der Waals surface area contributed by atoms with Crippen LogP contribution in [0.4, 0.5) is 0 Å². The van der Waals surface area contributed by atoms with E-state index in [1.54, 1.807) is 6.08 Å². The van der Waals surface area contributed by atoms with E-state index in [0.29, 0.717) is 32.1 Å². The highest BCUT2D eigenvalue weighted by atomic mass is 31.2. The van der Waals surface area contributed by atoms with E-state index >= 15 is 0 Å². The Hall–Kier alpha value is -3.15. The molecule has 11 nitrogen and oxygen atoms in total. The highest BCUT2D eigenvalue weighted by Crippen LogP contribution is 2.43. The van der Waals surface area contributed by atoms with E-state index in [-0.39, 0.29) is 19.4 Å². The third kappa shape index (κ3) is 39.7. The molecule has 1 unspecified atom stereocenters. The second-order valence-corrected chi connectivity index (χ2v) is 15.3. The fourth-order valence-corrected chi connectivity index (χ4v) is 5.79. The first-order chi connectivity index (χ1) is 28.1. The van der Waals surface area contributed by atoms with Crippen LogP contribution in [0.1, 0.15) is 136 Å². The number of phosphoric ester groups is 1. The van der Waals surface area contributed by atoms with E-state index < -0.39 is 57.9 Å². The van der Waals surface area contributed by atoms with E-state index in [0.717, 1.165) is 57.8 Å². The van der Waals surface area contributed by atoms with Crippen LogP contribution in [0.5, 0.6) is 0 Å². The summed E-state index contributed by atoms with van der Waals surface area (Å²) >= 11 is 0. The fraction of sp³-hybridized carbons (Fsp3) is 0.609. The van der Waals surface area contributed by atoms with Crippen molar-refractivity contribution < 1.29 is 52.9 Å². The van der Waals surface area contributed by atoms with Crippen molar-refractivity contribution in [3.05, 3.63) is 97.2 Å². The Morgan fingerprint density at radius 1 is 0.603 bits per heavy atom. The van der Waals surface area contributed by atoms with Crippen molar-refractivity contribution in [2.75, 3.05) is 26.4 Å². The molecule has 0 aromatic heterocycles. The van der Waals surface area contributed by atoms with Gasteiger partial charge in [-0.2, -0.15) is 0 Å². The molecule has 330 valence electrons. The molecule has 0 aromatic carbocycles. The van der Waals surface area contributed by atoms with Gasteiger partial charge in [-0.1, -0.05) is 137 Å². The Morgan fingerprint density at radius 2 is 1.16 bits per heavy atom. The van der Waals surface area contributed by atoms with Gasteiger partial charge in [0.15, 0.2) is 6.10 Å². The lowest BCUT2D eigenvalue weighted by molar-refractivity contribution is -0.161. The highest BCUT2D eigenvalue weighted by Gasteiger charge is 2.27. The summed E-state index contributed by atoms with van der Waals surface area (Å²) in [5, 5.41) is 28.4. The van der Waals surface area contributed by atoms with Gasteiger partial charge < -0.3 is 29.7 Å². The van der Waals surface area contributed by atoms with Crippen molar-refractivity contribution in [2.45, 2.75) is 154 Å². The zero-order valence-electron chi connectivity index (χ0n) is 35.3. The first-order valence-electron chi connectivity index (χ1n) is 21.3. The van der Waals surface area contributed by atoms with Gasteiger partial charge in [-0.25, -0.2) is 4.57 Å². The molecule has 0 aliphatic rings. The molecule has 4 atom stereocenters. The molecule has 0 fully saturated rings. The number of ether oxygens (including phenoxy) is 2. The summed E-state index contributed by atoms with van der Waals surface area (Å²) in [6.07, 6.45) is 45.4. The summed E-state index contributed by atoms with van der Waals surface area (Å²) in [6, 6.07) is 0. The maximum Gasteiger partial charge on any atom is 0.472 e. The summed E-state index contributed by atoms with van der Waals surface area (Å²) in [5.41, 5.74) is 0. The molecule has 0 aliphatic carbocycles. The lowest BCUT2D eigenvalue weighted by atomic mass is 10.1. The summed E-state index contributed by atoms with van der Waals surface area (Å²) < 4.78 is 32.6. The van der Waals surface area contributed by atoms with Gasteiger partial charge in [-0.05, 0) is 83.5 Å². The predicted molar refractivity (Wildman–Crippen MR) is 234 cm³/mol. The number of carbonyl (C=O) groups excluding carboxylic acids is 2. The molecule has 0 rings (SSSR count). The Labute approximate surface area is 349 Å². The minimum absolute atomic E-state index is 0.120. The zero-order valence-corrected chi connectivity index (χ0v) is 36.2. The van der Waals surface area contributed by atoms with E-state index in [9.17, 15) is 29.3 Å². The van der Waals surface area contributed by atoms with Crippen molar-refractivity contribution in [3.8, 4) is 0 Å². The number of phosphoric acid groups is 1. The molecule has 58 heavy (non-hydrogen) atoms. The molecular formula is C46H75O11P. The van der Waals surface area contributed by atoms with Crippen LogP contribution in [-0.2, 0) is 32.7 Å². The molecule has 0 radical (unpaired) electrons. The summed E-state index contributed by atoms with van der Waals surface area (Å²) in [5.74, 6) is -1.07. The van der Waals surface area contributed by atoms with Crippen molar-refractivity contribution >= 4 is 19.8 Å². The average molecular weight is 835 g/mol. The number of unbranched alkanes of at least 4 members (excludes halogenated alkanes) is 8. The number of aliphatic hydroxyl groups is 3. The molecule has 0 saturated heterocycles. The first-order valence-corrected chi connectivity index (χ1v) is 22.8. The van der Waals surface area contributed by atoms with Gasteiger partial charge in [0.25, 0.3) is 0 Å². The highest BCUT2D eigenvalue weighted by molar-refractivity contribution is 7.47. The molecule has 0 heterocycles. The standard InChI is InChI=1S/C46H75O11P/c1-3-5-7-9-11-12-13-14-15-16-17-18-19-20-24-29-33-37-46(51)57-44(41-56-58(52,53)55-39-43(49)38-47)40-54-45(50)36-32-28-25-21-23-27-31-35-42(48)34-30-26-22-10-8-6-4-2/h5,7,11-12,14-15,17-18,21-22,25-27,30-31,34,42-44,47-49H,3-4,6,8-10,13,16,19-20,23-24,28-29,32-33,35-41H2,1-2H3,(H,52,53)/b7-5-,12-11-,15-14-,18-17-,25-21+,26-22-,31-27-,34-30-/t42-,43+,44-/m1/s1. The number of esters is 2. The first kappa shape index (κ1) is 54.9. The SMILES string of the molecule is CC/C=C\C/C=C\C/C=C\C/C=C\CCCCCCC(=O)O[C@H](COC(=O)CCC/C=C/C/C=C\C[C@H](O)/C=C\C=C/CCCCC)COP(=O)(O)OC[C@@H](O)CO. The lowest BCUT2D eigenvalue weighted by Gasteiger charge is -2.20. The third-order valence-electron chi connectivity index (χ3n) is 8.30. The number of aliphatic hydroxyl groups excluding tert-OH is 3. The molecule has 4 N–H and O–H groups in total. The second-order valence-electron chi connectivity index (χ2n) is 13.8. The number of hydrogen-bond acceptors (Lipinski definition) is 10. The molecule has 0 aliphatic heterocycles. The van der Waals surface area contributed by atoms with Gasteiger partial charge >= 0.3 is 19.8 Å². The molecular weight excluding hydrogens is 759 g/mol. The summed E-state index contributed by atoms with van der Waals surface area (Å²) in [4.78, 5) is 35.0. The Morgan fingerprint density at radius 3 is 1.81 bits per heavy atom. The second kappa shape index (κ2) is 40.6. The molecule has 0 amide bonds. The van der Waals surface area contributed by atoms with Crippen LogP contribution in [-0.4, -0.2) is 76.9 Å². The van der Waals surface area contributed by atoms with E-state index in [4.69, 9.17) is 19.1 Å². The Kier molecular flexibility index (Phi) is 38.4. The average Bonchev–Trinajstić information content (AvgIpc) is 3.21. The summed E-state index contributed by atoms with van der Waals surface area (Å²) in [7, 11) is -4.66. The fourth-order valence-electron chi connectivity index (χ4n) is 5.00. The van der Waals surface area contributed by atoms with Gasteiger partial charge in [0.05, 0.1) is 25.9 Å². The van der Waals surface area contributed by atoms with E-state index in [1.807, 2.05) is 36.5 Å². The van der Waals surface area contributed by atoms with Crippen molar-refractivity contribution in [3.63, 3.8) is 0 Å². The van der Waals surface area contributed by atoms with E-state index in [2.05, 4.69) is 73.1 Å². The van der Waals surface area contributed by atoms with Gasteiger partial charge in [0, 0.05) is 12.8 Å². The molecule has 0 spiro atoms. The normalized spacial score (nSPS) is 15.3. The summed E-state index contributed by atoms with van der Waals surface area (Å²) in [6.45, 7) is 2.02. The van der Waals surface area contributed by atoms with Gasteiger partial charge in [0.2, 0.25) is 0 Å². The maximum atomic E-state index is 12.6. The number of allylic oxidation sites excluding steroid dienone is 14. The molecule has 12 heteroatoms. The number of hydrogen-bond donors (Lipinski definition) is 4. The van der Waals surface area contributed by atoms with Crippen LogP contribution in [0.3, 0.4) is 0 Å². The maximum absolute atomic E-state index is 12.6. The minimum Gasteiger partial charge on any atom is -0.462 e. The van der Waals surface area contributed by atoms with Gasteiger partial charge in [-0.15, -0.1) is 0 Å². The molecule has 0 saturated carbocycles. The van der Waals surface area contributed by atoms with Crippen molar-refractivity contribution in [2.24, 2.45) is 0 Å². The Bertz CT molecular complexity index is 1300. The topological polar surface area (TPSA) is 169 Å². The zero-order chi connectivity index (χ0) is 42.8. The van der Waals surface area contributed by atoms with Crippen LogP contribution in [0.15, 0.2) is 97.2 Å². The largest absolute Gasteiger partial charge is 0.472 e. The molecule has 0 bridgehead atoms. The van der Waals surface area contributed by atoms with Crippen LogP contribution >= 0.6 is 7.82 Å². The third-order valence-corrected chi connectivity index (χ3v) is 9.25. The smallest absolute Gasteiger partial charge is 0.462 e. The number of rotatable bonds is 38. The van der Waals surface area contributed by atoms with Gasteiger partial charge in [-0.3, -0.25) is 18.6 Å². The van der Waals surface area contributed by atoms with Crippen LogP contribution in [0.25, 0.3) is 0 Å². The van der Waals surface area contributed by atoms with E-state index in [1.165, 1.54) is 19.3 Å². The van der Waals surface area contributed by atoms with Crippen molar-refractivity contribution in [1.82, 2.24) is 0 Å². The molecule has 0 aromatic rings. The quantitative estimate of drug-likeness (QED) is 0.0154. The Balaban J connectivity index is 4.53. The van der Waals surface area contributed by atoms with Crippen LogP contribution in [0.2, 0.25) is 0 Å². The van der Waals surface area contributed by atoms with Crippen molar-refractivity contribution in [1.29, 1.82) is 0 Å². The lowest BCUT2D eigenvalue weighted by Crippen LogP contribution is -2.29. The minimum atomic E-state index is -4.66. The van der Waals surface area contributed by atoms with Crippen LogP contribution < -0.4 is 0 Å². The monoisotopic (exact) mass is 835 g/mol. The number of carbonyl (C=O) groups is 2. The predicted octanol–water partition coefficient (Wildman–Crippen LogP) is 10.2. The van der Waals surface area contributed by atoms with Gasteiger partial charge in [0.1, 0.15) is 12.7 Å². The van der Waals surface area contributed by atoms with Crippen LogP contribution in [0, 0.1) is 0 Å².